The van der Waals surface area contributed by atoms with Crippen molar-refractivity contribution < 1.29 is 47.5 Å². The van der Waals surface area contributed by atoms with Crippen molar-refractivity contribution in [3.05, 3.63) is 19.8 Å². The van der Waals surface area contributed by atoms with E-state index in [0.29, 0.717) is 22.9 Å². The average Bonchev–Trinajstić information content (AvgIpc) is 3.00. The van der Waals surface area contributed by atoms with Gasteiger partial charge in [0.15, 0.2) is 0 Å². The molecular formula is C16H29F6GeN3Zr. The minimum absolute atomic E-state index is 0.179. The maximum atomic E-state index is 13.6. The predicted octanol–water partition coefficient (Wildman–Crippen LogP) is 3.92. The number of halogens is 6. The molecule has 0 saturated heterocycles. The average molecular weight is 541 g/mol. The maximum absolute atomic E-state index is 13.6. The fraction of sp³-hybridized carbons (Fsp3) is 0.750. The normalized spacial score (nSPS) is 16.7. The number of hydrogen-bond acceptors (Lipinski definition) is 3. The van der Waals surface area contributed by atoms with Crippen LogP contribution in [0.5, 0.6) is 0 Å². The molecule has 0 aromatic rings. The summed E-state index contributed by atoms with van der Waals surface area (Å²) >= 11 is -9.92. The Balaban J connectivity index is 3.85. The zero-order valence-corrected chi connectivity index (χ0v) is 21.6. The van der Waals surface area contributed by atoms with Crippen LogP contribution in [-0.2, 0) is 21.1 Å². The summed E-state index contributed by atoms with van der Waals surface area (Å²) in [5.74, 6) is 0. The summed E-state index contributed by atoms with van der Waals surface area (Å²) in [5, 5.41) is -10.4. The summed E-state index contributed by atoms with van der Waals surface area (Å²) in [5.41, 5.74) is 0. The van der Waals surface area contributed by atoms with Crippen LogP contribution < -0.4 is 0 Å². The van der Waals surface area contributed by atoms with Gasteiger partial charge in [0.05, 0.1) is 0 Å². The fourth-order valence-electron chi connectivity index (χ4n) is 3.89. The van der Waals surface area contributed by atoms with E-state index in [4.69, 9.17) is 0 Å². The first-order valence-corrected chi connectivity index (χ1v) is 17.1. The van der Waals surface area contributed by atoms with Gasteiger partial charge in [-0.05, 0) is 0 Å². The number of nitrogens with zero attached hydrogens (tertiary/aromatic N) is 3. The summed E-state index contributed by atoms with van der Waals surface area (Å²) in [4.78, 5) is 0. The van der Waals surface area contributed by atoms with Crippen LogP contribution in [0.2, 0.25) is 0 Å². The van der Waals surface area contributed by atoms with E-state index >= 15 is 0 Å². The van der Waals surface area contributed by atoms with E-state index in [2.05, 4.69) is 0 Å². The molecule has 0 saturated carbocycles. The molecule has 0 aromatic heterocycles. The first kappa shape index (κ1) is 25.4. The molecule has 0 aromatic carbocycles. The van der Waals surface area contributed by atoms with Gasteiger partial charge in [0.25, 0.3) is 0 Å². The molecule has 1 rings (SSSR count). The van der Waals surface area contributed by atoms with Crippen molar-refractivity contribution in [3.63, 3.8) is 0 Å². The van der Waals surface area contributed by atoms with Gasteiger partial charge in [-0.15, -0.1) is 0 Å². The Hall–Kier alpha value is 0.366. The molecule has 0 unspecified atom stereocenters. The molecule has 1 aliphatic carbocycles. The van der Waals surface area contributed by atoms with Crippen molar-refractivity contribution in [1.82, 2.24) is 8.53 Å². The SMILES string of the molecule is CC[N](C)[Zr]([C]1=[C]([GeH]([C](F)(F)F)[C](F)(F)F)C=CC1)([N](C)CC)[N](C)CC. The van der Waals surface area contributed by atoms with Crippen LogP contribution in [0.3, 0.4) is 0 Å². The third kappa shape index (κ3) is 4.93. The molecule has 0 heterocycles. The van der Waals surface area contributed by atoms with Crippen molar-refractivity contribution in [1.29, 1.82) is 0 Å². The second kappa shape index (κ2) is 9.45. The predicted molar refractivity (Wildman–Crippen MR) is 95.0 cm³/mol. The second-order valence-electron chi connectivity index (χ2n) is 6.73. The molecule has 0 radical (unpaired) electrons. The first-order chi connectivity index (χ1) is 12.3. The molecule has 27 heavy (non-hydrogen) atoms. The van der Waals surface area contributed by atoms with Crippen LogP contribution in [0.1, 0.15) is 27.2 Å². The van der Waals surface area contributed by atoms with Crippen LogP contribution in [0.4, 0.5) is 26.3 Å². The van der Waals surface area contributed by atoms with Gasteiger partial charge in [0.2, 0.25) is 0 Å². The summed E-state index contributed by atoms with van der Waals surface area (Å²) in [7, 11) is 5.50. The van der Waals surface area contributed by atoms with Gasteiger partial charge < -0.3 is 0 Å². The summed E-state index contributed by atoms with van der Waals surface area (Å²) in [6, 6.07) is 0. The number of allylic oxidation sites excluding steroid dienone is 4. The number of alkyl halides is 6. The van der Waals surface area contributed by atoms with Crippen molar-refractivity contribution in [2.75, 3.05) is 40.8 Å². The van der Waals surface area contributed by atoms with Crippen molar-refractivity contribution >= 4 is 14.3 Å². The standard InChI is InChI=1S/C7H5F6Ge.3C3H8N.Zr/c8-6(9,10)14(7(11,12)13)5-3-1-2-4-5;3*1-3-4-2;/h1,3,14H,2H2;3*3H2,1-2H3;/q;3*-1;+3. The van der Waals surface area contributed by atoms with Crippen LogP contribution in [0.15, 0.2) is 19.8 Å². The van der Waals surface area contributed by atoms with Gasteiger partial charge in [-0.25, -0.2) is 0 Å². The molecular weight excluding hydrogens is 512 g/mol. The summed E-state index contributed by atoms with van der Waals surface area (Å²) in [6.45, 7) is 7.39. The number of hydrogen-bond donors (Lipinski definition) is 0. The molecule has 0 fully saturated rings. The third-order valence-corrected chi connectivity index (χ3v) is 25.4. The van der Waals surface area contributed by atoms with E-state index in [1.54, 1.807) is 0 Å². The van der Waals surface area contributed by atoms with Gasteiger partial charge in [0, 0.05) is 0 Å². The molecule has 0 amide bonds. The molecule has 0 atom stereocenters. The van der Waals surface area contributed by atoms with Crippen molar-refractivity contribution in [3.8, 4) is 0 Å². The van der Waals surface area contributed by atoms with E-state index < -0.39 is 49.9 Å². The molecule has 1 aliphatic rings. The zero-order valence-electron chi connectivity index (χ0n) is 16.7. The zero-order chi connectivity index (χ0) is 21.2. The van der Waals surface area contributed by atoms with E-state index in [0.717, 1.165) is 6.08 Å². The Morgan fingerprint density at radius 3 is 1.52 bits per heavy atom. The minimum atomic E-state index is -5.83. The van der Waals surface area contributed by atoms with Crippen molar-refractivity contribution in [2.24, 2.45) is 0 Å². The first-order valence-electron chi connectivity index (χ1n) is 8.97. The Bertz CT molecular complexity index is 535. The summed E-state index contributed by atoms with van der Waals surface area (Å²) in [6.07, 6.45) is 2.80. The van der Waals surface area contributed by atoms with Crippen LogP contribution >= 0.6 is 0 Å². The quantitative estimate of drug-likeness (QED) is 0.341. The Morgan fingerprint density at radius 2 is 1.22 bits per heavy atom. The topological polar surface area (TPSA) is 9.72 Å². The van der Waals surface area contributed by atoms with Gasteiger partial charge in [-0.3, -0.25) is 0 Å². The molecule has 3 nitrogen and oxygen atoms in total. The Morgan fingerprint density at radius 1 is 0.852 bits per heavy atom. The Kier molecular flexibility index (Phi) is 8.89. The second-order valence-corrected chi connectivity index (χ2v) is 22.8. The molecule has 11 heteroatoms. The number of rotatable bonds is 8. The van der Waals surface area contributed by atoms with Crippen LogP contribution in [0, 0.1) is 0 Å². The Labute approximate surface area is 167 Å². The van der Waals surface area contributed by atoms with Gasteiger partial charge in [0.1, 0.15) is 0 Å². The molecule has 158 valence electrons. The summed E-state index contributed by atoms with van der Waals surface area (Å²) < 4.78 is 87.5. The van der Waals surface area contributed by atoms with Crippen LogP contribution in [-0.4, -0.2) is 73.7 Å². The van der Waals surface area contributed by atoms with E-state index in [1.807, 2.05) is 50.4 Å². The van der Waals surface area contributed by atoms with Gasteiger partial charge >= 0.3 is 168 Å². The van der Waals surface area contributed by atoms with E-state index in [-0.39, 0.29) is 6.42 Å². The monoisotopic (exact) mass is 541 g/mol. The van der Waals surface area contributed by atoms with Gasteiger partial charge in [-0.2, -0.15) is 0 Å². The molecule has 0 aliphatic heterocycles. The molecule has 0 N–H and O–H groups in total. The molecule has 0 bridgehead atoms. The van der Waals surface area contributed by atoms with E-state index in [1.165, 1.54) is 6.08 Å². The molecule has 0 spiro atoms. The van der Waals surface area contributed by atoms with E-state index in [9.17, 15) is 26.3 Å². The van der Waals surface area contributed by atoms with Crippen LogP contribution in [0.25, 0.3) is 0 Å². The van der Waals surface area contributed by atoms with Crippen molar-refractivity contribution in [2.45, 2.75) is 37.2 Å². The fourth-order valence-corrected chi connectivity index (χ4v) is 25.1. The third-order valence-electron chi connectivity index (χ3n) is 5.36. The van der Waals surface area contributed by atoms with Gasteiger partial charge in [-0.1, -0.05) is 0 Å².